The number of carbonyl (C=O) groups excluding carboxylic acids is 1. The Balaban J connectivity index is 5.06. The third-order valence-electron chi connectivity index (χ3n) is 2.76. The monoisotopic (exact) mass is 350 g/mol. The Bertz CT molecular complexity index is 494. The molecule has 0 aliphatic carbocycles. The van der Waals surface area contributed by atoms with Gasteiger partial charge in [0.15, 0.2) is 0 Å². The first-order valence-electron chi connectivity index (χ1n) is 6.83. The molecule has 1 unspecified atom stereocenters. The Labute approximate surface area is 137 Å². The van der Waals surface area contributed by atoms with Crippen LogP contribution in [0.2, 0.25) is 0 Å². The minimum absolute atomic E-state index is 0.431. The first-order valence-corrected chi connectivity index (χ1v) is 6.83. The highest BCUT2D eigenvalue weighted by atomic mass is 16.6. The number of aliphatic hydroxyl groups excluding tert-OH is 6. The molecule has 0 aromatic carbocycles. The zero-order chi connectivity index (χ0) is 19.0. The van der Waals surface area contributed by atoms with Gasteiger partial charge in [0, 0.05) is 6.08 Å². The van der Waals surface area contributed by atoms with Crippen LogP contribution >= 0.6 is 0 Å². The van der Waals surface area contributed by atoms with E-state index >= 15 is 0 Å². The molecule has 0 saturated carbocycles. The fourth-order valence-corrected chi connectivity index (χ4v) is 1.56. The van der Waals surface area contributed by atoms with Crippen LogP contribution in [0.25, 0.3) is 0 Å². The Morgan fingerprint density at radius 2 is 1.50 bits per heavy atom. The lowest BCUT2D eigenvalue weighted by atomic mass is 10.0. The molecule has 0 bridgehead atoms. The molecular formula is C14H22O10. The van der Waals surface area contributed by atoms with Crippen LogP contribution in [0.4, 0.5) is 0 Å². The Morgan fingerprint density at radius 1 is 0.958 bits per heavy atom. The molecule has 5 atom stereocenters. The third kappa shape index (κ3) is 7.17. The molecule has 0 amide bonds. The minimum atomic E-state index is -2.32. The molecule has 0 radical (unpaired) electrons. The van der Waals surface area contributed by atoms with Crippen molar-refractivity contribution in [1.82, 2.24) is 0 Å². The summed E-state index contributed by atoms with van der Waals surface area (Å²) in [5.41, 5.74) is 0.121. The van der Waals surface area contributed by atoms with E-state index in [0.717, 1.165) is 6.08 Å². The molecule has 0 fully saturated rings. The van der Waals surface area contributed by atoms with Gasteiger partial charge in [-0.25, -0.2) is 9.59 Å². The number of aliphatic carboxylic acids is 1. The van der Waals surface area contributed by atoms with Gasteiger partial charge in [-0.3, -0.25) is 0 Å². The average Bonchev–Trinajstić information content (AvgIpc) is 2.50. The molecular weight excluding hydrogens is 328 g/mol. The van der Waals surface area contributed by atoms with Crippen molar-refractivity contribution in [1.29, 1.82) is 0 Å². The molecule has 24 heavy (non-hydrogen) atoms. The standard InChI is InChI=1S/C14H22O10/c1-6(2)3-7(4-9(17)18)13(22)24-14(23)12(21)11(20)10(19)8(16)5-15/h3-4,8,10-12,14-16,19-21,23H,5H2,1-2H3,(H,17,18)/b7-4-/t8-,10-,11+,12-,14?/m1/s1. The maximum absolute atomic E-state index is 11.8. The van der Waals surface area contributed by atoms with Gasteiger partial charge in [-0.2, -0.15) is 0 Å². The lowest BCUT2D eigenvalue weighted by Gasteiger charge is -2.28. The molecule has 0 spiro atoms. The van der Waals surface area contributed by atoms with Crippen molar-refractivity contribution >= 4 is 11.9 Å². The maximum Gasteiger partial charge on any atom is 0.340 e. The fourth-order valence-electron chi connectivity index (χ4n) is 1.56. The molecule has 10 nitrogen and oxygen atoms in total. The molecule has 0 rings (SSSR count). The summed E-state index contributed by atoms with van der Waals surface area (Å²) in [5, 5.41) is 64.6. The van der Waals surface area contributed by atoms with Gasteiger partial charge in [-0.15, -0.1) is 0 Å². The van der Waals surface area contributed by atoms with E-state index in [-0.39, 0.29) is 0 Å². The van der Waals surface area contributed by atoms with Gasteiger partial charge in [-0.1, -0.05) is 5.57 Å². The third-order valence-corrected chi connectivity index (χ3v) is 2.76. The minimum Gasteiger partial charge on any atom is -0.478 e. The van der Waals surface area contributed by atoms with E-state index in [1.807, 2.05) is 0 Å². The van der Waals surface area contributed by atoms with Gasteiger partial charge in [0.2, 0.25) is 6.29 Å². The maximum atomic E-state index is 11.8. The fraction of sp³-hybridized carbons (Fsp3) is 0.571. The van der Waals surface area contributed by atoms with Crippen LogP contribution in [0.3, 0.4) is 0 Å². The molecule has 0 aliphatic rings. The Kier molecular flexibility index (Phi) is 9.36. The normalized spacial score (nSPS) is 18.1. The second-order valence-electron chi connectivity index (χ2n) is 5.18. The van der Waals surface area contributed by atoms with Crippen LogP contribution in [0.5, 0.6) is 0 Å². The van der Waals surface area contributed by atoms with Crippen molar-refractivity contribution in [3.8, 4) is 0 Å². The molecule has 10 heteroatoms. The number of hydrogen-bond acceptors (Lipinski definition) is 9. The lowest BCUT2D eigenvalue weighted by molar-refractivity contribution is -0.210. The van der Waals surface area contributed by atoms with Gasteiger partial charge in [0.05, 0.1) is 12.2 Å². The van der Waals surface area contributed by atoms with Crippen molar-refractivity contribution in [2.24, 2.45) is 0 Å². The summed E-state index contributed by atoms with van der Waals surface area (Å²) in [6, 6.07) is 0. The van der Waals surface area contributed by atoms with Crippen LogP contribution in [-0.4, -0.2) is 85.0 Å². The van der Waals surface area contributed by atoms with Gasteiger partial charge in [-0.05, 0) is 19.9 Å². The number of allylic oxidation sites excluding steroid dienone is 1. The quantitative estimate of drug-likeness (QED) is 0.0995. The molecule has 138 valence electrons. The summed E-state index contributed by atoms with van der Waals surface area (Å²) in [4.78, 5) is 22.5. The number of rotatable bonds is 9. The largest absolute Gasteiger partial charge is 0.478 e. The van der Waals surface area contributed by atoms with E-state index in [1.54, 1.807) is 13.8 Å². The van der Waals surface area contributed by atoms with Crippen LogP contribution in [0.1, 0.15) is 13.8 Å². The van der Waals surface area contributed by atoms with E-state index < -0.39 is 54.8 Å². The van der Waals surface area contributed by atoms with Crippen molar-refractivity contribution in [3.63, 3.8) is 0 Å². The Morgan fingerprint density at radius 3 is 1.92 bits per heavy atom. The van der Waals surface area contributed by atoms with E-state index in [0.29, 0.717) is 11.6 Å². The summed E-state index contributed by atoms with van der Waals surface area (Å²) >= 11 is 0. The molecule has 0 aliphatic heterocycles. The van der Waals surface area contributed by atoms with Crippen LogP contribution in [-0.2, 0) is 14.3 Å². The summed E-state index contributed by atoms with van der Waals surface area (Å²) in [6.07, 6.45) is -8.83. The van der Waals surface area contributed by atoms with E-state index in [2.05, 4.69) is 4.74 Å². The SMILES string of the molecule is CC(C)=C/C(=C/C(=O)O)C(=O)OC(O)[C@H](O)[C@@H](O)[C@H](O)[C@H](O)CO. The summed E-state index contributed by atoms with van der Waals surface area (Å²) in [5.74, 6) is -2.74. The number of carboxylic acid groups (broad SMARTS) is 1. The average molecular weight is 350 g/mol. The second kappa shape index (κ2) is 10.1. The molecule has 0 aromatic rings. The molecule has 0 saturated heterocycles. The van der Waals surface area contributed by atoms with Gasteiger partial charge < -0.3 is 40.5 Å². The Hall–Kier alpha value is -1.82. The molecule has 7 N–H and O–H groups in total. The van der Waals surface area contributed by atoms with Crippen molar-refractivity contribution in [2.75, 3.05) is 6.61 Å². The van der Waals surface area contributed by atoms with E-state index in [4.69, 9.17) is 15.3 Å². The van der Waals surface area contributed by atoms with E-state index in [9.17, 15) is 30.0 Å². The summed E-state index contributed by atoms with van der Waals surface area (Å²) in [6.45, 7) is 2.22. The highest BCUT2D eigenvalue weighted by Gasteiger charge is 2.36. The van der Waals surface area contributed by atoms with Gasteiger partial charge in [0.1, 0.15) is 24.4 Å². The number of aliphatic hydroxyl groups is 6. The first-order chi connectivity index (χ1) is 11.0. The van der Waals surface area contributed by atoms with Crippen molar-refractivity contribution in [3.05, 3.63) is 23.3 Å². The summed E-state index contributed by atoms with van der Waals surface area (Å²) in [7, 11) is 0. The highest BCUT2D eigenvalue weighted by molar-refractivity contribution is 5.98. The lowest BCUT2D eigenvalue weighted by Crippen LogP contribution is -2.51. The predicted molar refractivity (Wildman–Crippen MR) is 78.4 cm³/mol. The number of hydrogen-bond donors (Lipinski definition) is 7. The van der Waals surface area contributed by atoms with Crippen LogP contribution in [0.15, 0.2) is 23.3 Å². The van der Waals surface area contributed by atoms with Gasteiger partial charge in [0.25, 0.3) is 0 Å². The van der Waals surface area contributed by atoms with Crippen LogP contribution in [0, 0.1) is 0 Å². The van der Waals surface area contributed by atoms with E-state index in [1.165, 1.54) is 0 Å². The zero-order valence-electron chi connectivity index (χ0n) is 13.1. The number of ether oxygens (including phenoxy) is 1. The van der Waals surface area contributed by atoms with Crippen molar-refractivity contribution in [2.45, 2.75) is 44.6 Å². The highest BCUT2D eigenvalue weighted by Crippen LogP contribution is 2.12. The number of carboxylic acids is 1. The predicted octanol–water partition coefficient (Wildman–Crippen LogP) is -2.74. The summed E-state index contributed by atoms with van der Waals surface area (Å²) < 4.78 is 4.44. The van der Waals surface area contributed by atoms with Crippen LogP contribution < -0.4 is 0 Å². The first kappa shape index (κ1) is 22.2. The topological polar surface area (TPSA) is 185 Å². The number of esters is 1. The second-order valence-corrected chi connectivity index (χ2v) is 5.18. The number of carbonyl (C=O) groups is 2. The molecule has 0 aromatic heterocycles. The zero-order valence-corrected chi connectivity index (χ0v) is 13.1. The van der Waals surface area contributed by atoms with Gasteiger partial charge >= 0.3 is 11.9 Å². The molecule has 0 heterocycles. The smallest absolute Gasteiger partial charge is 0.340 e. The van der Waals surface area contributed by atoms with Crippen molar-refractivity contribution < 1.29 is 50.1 Å².